The quantitative estimate of drug-likeness (QED) is 0.903. The molecule has 0 aliphatic heterocycles. The van der Waals surface area contributed by atoms with Gasteiger partial charge >= 0.3 is 0 Å². The second-order valence-electron chi connectivity index (χ2n) is 4.06. The van der Waals surface area contributed by atoms with Gasteiger partial charge in [-0.1, -0.05) is 31.9 Å². The zero-order valence-corrected chi connectivity index (χ0v) is 11.0. The molecule has 2 aromatic rings. The summed E-state index contributed by atoms with van der Waals surface area (Å²) >= 11 is 3.48. The van der Waals surface area contributed by atoms with Crippen LogP contribution in [-0.4, -0.2) is 0 Å². The fraction of sp³-hybridized carbons (Fsp3) is 0.385. The third kappa shape index (κ3) is 2.30. The van der Waals surface area contributed by atoms with E-state index in [1.54, 1.807) is 0 Å². The number of fused-ring (bicyclic) bond motifs is 1. The maximum atomic E-state index is 6.09. The van der Waals surface area contributed by atoms with E-state index in [1.165, 1.54) is 0 Å². The van der Waals surface area contributed by atoms with Crippen LogP contribution in [0.15, 0.2) is 33.2 Å². The molecule has 3 heteroatoms. The molecule has 0 radical (unpaired) electrons. The van der Waals surface area contributed by atoms with Crippen LogP contribution >= 0.6 is 15.9 Å². The normalized spacial score (nSPS) is 13.2. The van der Waals surface area contributed by atoms with Crippen LogP contribution in [0.4, 0.5) is 0 Å². The molecular formula is C13H16BrNO. The smallest absolute Gasteiger partial charge is 0.148 e. The number of hydrogen-bond donors (Lipinski definition) is 1. The molecule has 0 saturated heterocycles. The van der Waals surface area contributed by atoms with Crippen LogP contribution in [0.25, 0.3) is 11.0 Å². The molecule has 2 rings (SSSR count). The van der Waals surface area contributed by atoms with Gasteiger partial charge in [-0.3, -0.25) is 0 Å². The lowest BCUT2D eigenvalue weighted by Gasteiger charge is -2.06. The van der Waals surface area contributed by atoms with Crippen LogP contribution in [0.3, 0.4) is 0 Å². The second-order valence-corrected chi connectivity index (χ2v) is 4.91. The number of benzene rings is 1. The first kappa shape index (κ1) is 11.7. The number of furan rings is 1. The Bertz CT molecular complexity index is 478. The maximum absolute atomic E-state index is 6.09. The lowest BCUT2D eigenvalue weighted by atomic mass is 10.1. The van der Waals surface area contributed by atoms with Crippen LogP contribution in [0, 0.1) is 0 Å². The zero-order chi connectivity index (χ0) is 11.5. The molecule has 0 saturated carbocycles. The predicted octanol–water partition coefficient (Wildman–Crippen LogP) is 4.39. The van der Waals surface area contributed by atoms with Gasteiger partial charge in [0.1, 0.15) is 11.3 Å². The lowest BCUT2D eigenvalue weighted by molar-refractivity contribution is 0.467. The van der Waals surface area contributed by atoms with Gasteiger partial charge < -0.3 is 10.2 Å². The summed E-state index contributed by atoms with van der Waals surface area (Å²) in [5, 5.41) is 1.11. The van der Waals surface area contributed by atoms with Crippen molar-refractivity contribution in [3.05, 3.63) is 34.5 Å². The average Bonchev–Trinajstić information content (AvgIpc) is 2.71. The number of halogens is 1. The van der Waals surface area contributed by atoms with E-state index in [1.807, 2.05) is 24.3 Å². The molecule has 86 valence electrons. The minimum atomic E-state index is 0.0132. The molecule has 0 aliphatic carbocycles. The summed E-state index contributed by atoms with van der Waals surface area (Å²) in [6.07, 6.45) is 3.28. The van der Waals surface area contributed by atoms with Crippen molar-refractivity contribution in [2.24, 2.45) is 5.73 Å². The van der Waals surface area contributed by atoms with Crippen LogP contribution in [0.1, 0.15) is 38.0 Å². The predicted molar refractivity (Wildman–Crippen MR) is 70.4 cm³/mol. The Kier molecular flexibility index (Phi) is 3.66. The molecular weight excluding hydrogens is 266 g/mol. The topological polar surface area (TPSA) is 39.2 Å². The first-order chi connectivity index (χ1) is 7.72. The van der Waals surface area contributed by atoms with Gasteiger partial charge in [-0.15, -0.1) is 0 Å². The van der Waals surface area contributed by atoms with Crippen molar-refractivity contribution >= 4 is 26.9 Å². The molecule has 1 unspecified atom stereocenters. The van der Waals surface area contributed by atoms with E-state index in [9.17, 15) is 0 Å². The first-order valence-corrected chi connectivity index (χ1v) is 6.45. The highest BCUT2D eigenvalue weighted by atomic mass is 79.9. The second kappa shape index (κ2) is 5.02. The van der Waals surface area contributed by atoms with Crippen molar-refractivity contribution in [1.82, 2.24) is 0 Å². The molecule has 2 N–H and O–H groups in total. The van der Waals surface area contributed by atoms with Crippen LogP contribution in [-0.2, 0) is 0 Å². The summed E-state index contributed by atoms with van der Waals surface area (Å²) in [7, 11) is 0. The van der Waals surface area contributed by atoms with E-state index in [0.29, 0.717) is 0 Å². The molecule has 0 aliphatic rings. The maximum Gasteiger partial charge on any atom is 0.148 e. The minimum absolute atomic E-state index is 0.0132. The Morgan fingerprint density at radius 3 is 2.94 bits per heavy atom. The van der Waals surface area contributed by atoms with Crippen molar-refractivity contribution in [3.63, 3.8) is 0 Å². The summed E-state index contributed by atoms with van der Waals surface area (Å²) < 4.78 is 6.77. The first-order valence-electron chi connectivity index (χ1n) is 5.66. The molecule has 1 heterocycles. The van der Waals surface area contributed by atoms with Crippen LogP contribution in [0.5, 0.6) is 0 Å². The van der Waals surface area contributed by atoms with Gasteiger partial charge in [-0.2, -0.15) is 0 Å². The van der Waals surface area contributed by atoms with E-state index in [0.717, 1.165) is 40.5 Å². The summed E-state index contributed by atoms with van der Waals surface area (Å²) in [5.74, 6) is 0.885. The number of rotatable bonds is 4. The minimum Gasteiger partial charge on any atom is -0.458 e. The van der Waals surface area contributed by atoms with Gasteiger partial charge in [-0.05, 0) is 34.5 Å². The van der Waals surface area contributed by atoms with E-state index in [-0.39, 0.29) is 6.04 Å². The van der Waals surface area contributed by atoms with Gasteiger partial charge in [-0.25, -0.2) is 0 Å². The van der Waals surface area contributed by atoms with Crippen molar-refractivity contribution in [2.45, 2.75) is 32.2 Å². The van der Waals surface area contributed by atoms with E-state index < -0.39 is 0 Å². The highest BCUT2D eigenvalue weighted by molar-refractivity contribution is 9.10. The molecule has 1 aromatic carbocycles. The number of unbranched alkanes of at least 4 members (excludes halogenated alkanes) is 1. The monoisotopic (exact) mass is 281 g/mol. The average molecular weight is 282 g/mol. The van der Waals surface area contributed by atoms with E-state index >= 15 is 0 Å². The van der Waals surface area contributed by atoms with Crippen molar-refractivity contribution in [2.75, 3.05) is 0 Å². The third-order valence-electron chi connectivity index (χ3n) is 2.75. The van der Waals surface area contributed by atoms with Crippen LogP contribution < -0.4 is 5.73 Å². The van der Waals surface area contributed by atoms with Crippen molar-refractivity contribution in [3.8, 4) is 0 Å². The fourth-order valence-corrected chi connectivity index (χ4v) is 2.26. The highest BCUT2D eigenvalue weighted by Crippen LogP contribution is 2.30. The lowest BCUT2D eigenvalue weighted by Crippen LogP contribution is -2.08. The summed E-state index contributed by atoms with van der Waals surface area (Å²) in [6.45, 7) is 2.17. The van der Waals surface area contributed by atoms with E-state index in [2.05, 4.69) is 22.9 Å². The highest BCUT2D eigenvalue weighted by Gasteiger charge is 2.12. The largest absolute Gasteiger partial charge is 0.458 e. The summed E-state index contributed by atoms with van der Waals surface area (Å²) in [4.78, 5) is 0. The Morgan fingerprint density at radius 1 is 1.44 bits per heavy atom. The van der Waals surface area contributed by atoms with Gasteiger partial charge in [0.2, 0.25) is 0 Å². The Balaban J connectivity index is 2.29. The standard InChI is InChI=1S/C13H16BrNO/c1-2-3-7-11(15)12-8-9-5-4-6-10(14)13(9)16-12/h4-6,8,11H,2-3,7,15H2,1H3. The molecule has 1 atom stereocenters. The van der Waals surface area contributed by atoms with Crippen molar-refractivity contribution in [1.29, 1.82) is 0 Å². The number of nitrogens with two attached hydrogens (primary N) is 1. The number of hydrogen-bond acceptors (Lipinski definition) is 2. The van der Waals surface area contributed by atoms with Gasteiger partial charge in [0.05, 0.1) is 10.5 Å². The third-order valence-corrected chi connectivity index (χ3v) is 3.37. The van der Waals surface area contributed by atoms with Gasteiger partial charge in [0.15, 0.2) is 0 Å². The van der Waals surface area contributed by atoms with Gasteiger partial charge in [0.25, 0.3) is 0 Å². The Hall–Kier alpha value is -0.800. The molecule has 16 heavy (non-hydrogen) atoms. The Morgan fingerprint density at radius 2 is 2.25 bits per heavy atom. The fourth-order valence-electron chi connectivity index (χ4n) is 1.80. The molecule has 0 bridgehead atoms. The molecule has 1 aromatic heterocycles. The SMILES string of the molecule is CCCCC(N)c1cc2cccc(Br)c2o1. The molecule has 0 spiro atoms. The van der Waals surface area contributed by atoms with Gasteiger partial charge in [0, 0.05) is 5.39 Å². The van der Waals surface area contributed by atoms with E-state index in [4.69, 9.17) is 10.2 Å². The Labute approximate surface area is 104 Å². The summed E-state index contributed by atoms with van der Waals surface area (Å²) in [6, 6.07) is 8.08. The molecule has 0 fully saturated rings. The molecule has 2 nitrogen and oxygen atoms in total. The number of para-hydroxylation sites is 1. The summed E-state index contributed by atoms with van der Waals surface area (Å²) in [5.41, 5.74) is 6.98. The zero-order valence-electron chi connectivity index (χ0n) is 9.37. The van der Waals surface area contributed by atoms with Crippen LogP contribution in [0.2, 0.25) is 0 Å². The van der Waals surface area contributed by atoms with Crippen molar-refractivity contribution < 1.29 is 4.42 Å². The molecule has 0 amide bonds.